The lowest BCUT2D eigenvalue weighted by atomic mass is 10.2. The van der Waals surface area contributed by atoms with Crippen molar-refractivity contribution >= 4 is 11.0 Å². The van der Waals surface area contributed by atoms with Crippen molar-refractivity contribution in [3.8, 4) is 11.6 Å². The van der Waals surface area contributed by atoms with Crippen molar-refractivity contribution in [3.05, 3.63) is 18.2 Å². The highest BCUT2D eigenvalue weighted by molar-refractivity contribution is 5.83. The Labute approximate surface area is 111 Å². The maximum absolute atomic E-state index is 11.9. The minimum atomic E-state index is -0.260. The Kier molecular flexibility index (Phi) is 5.01. The Morgan fingerprint density at radius 2 is 2.11 bits per heavy atom. The van der Waals surface area contributed by atoms with E-state index in [1.807, 2.05) is 19.1 Å². The van der Waals surface area contributed by atoms with Crippen LogP contribution in [0.3, 0.4) is 0 Å². The molecule has 5 heteroatoms. The lowest BCUT2D eigenvalue weighted by Gasteiger charge is -2.05. The second-order valence-electron chi connectivity index (χ2n) is 4.18. The summed E-state index contributed by atoms with van der Waals surface area (Å²) in [6.45, 7) is 2.77. The van der Waals surface area contributed by atoms with Crippen molar-refractivity contribution < 1.29 is 18.4 Å². The van der Waals surface area contributed by atoms with E-state index in [0.717, 1.165) is 24.0 Å². The average Bonchev–Trinajstić information content (AvgIpc) is 2.82. The van der Waals surface area contributed by atoms with E-state index in [0.29, 0.717) is 31.1 Å². The Morgan fingerprint density at radius 1 is 1.21 bits per heavy atom. The van der Waals surface area contributed by atoms with Gasteiger partial charge in [-0.1, -0.05) is 0 Å². The van der Waals surface area contributed by atoms with Crippen LogP contribution in [-0.4, -0.2) is 25.0 Å². The zero-order chi connectivity index (χ0) is 13.5. The van der Waals surface area contributed by atoms with Crippen LogP contribution in [-0.2, 0) is 0 Å². The molecule has 0 aliphatic rings. The van der Waals surface area contributed by atoms with Gasteiger partial charge in [-0.15, -0.1) is 0 Å². The molecular formula is C14H18FNO3. The lowest BCUT2D eigenvalue weighted by Crippen LogP contribution is -1.97. The van der Waals surface area contributed by atoms with Crippen molar-refractivity contribution in [2.45, 2.75) is 26.2 Å². The van der Waals surface area contributed by atoms with E-state index in [9.17, 15) is 4.39 Å². The molecule has 4 nitrogen and oxygen atoms in total. The molecule has 2 rings (SSSR count). The van der Waals surface area contributed by atoms with E-state index in [4.69, 9.17) is 14.0 Å². The maximum atomic E-state index is 11.9. The number of halogens is 1. The minimum absolute atomic E-state index is 0.260. The molecule has 0 saturated carbocycles. The van der Waals surface area contributed by atoms with Gasteiger partial charge in [0.1, 0.15) is 5.75 Å². The van der Waals surface area contributed by atoms with E-state index in [1.54, 1.807) is 6.07 Å². The summed E-state index contributed by atoms with van der Waals surface area (Å²) in [5.74, 6) is 1.24. The highest BCUT2D eigenvalue weighted by atomic mass is 19.1. The summed E-state index contributed by atoms with van der Waals surface area (Å²) in [6.07, 6.45) is 2.29. The molecule has 19 heavy (non-hydrogen) atoms. The zero-order valence-corrected chi connectivity index (χ0v) is 11.0. The number of benzene rings is 1. The van der Waals surface area contributed by atoms with Crippen LogP contribution in [0.4, 0.5) is 4.39 Å². The largest absolute Gasteiger partial charge is 0.493 e. The summed E-state index contributed by atoms with van der Waals surface area (Å²) in [6, 6.07) is 5.52. The van der Waals surface area contributed by atoms with Crippen LogP contribution in [0.15, 0.2) is 22.7 Å². The number of rotatable bonds is 8. The first kappa shape index (κ1) is 13.6. The van der Waals surface area contributed by atoms with E-state index < -0.39 is 0 Å². The monoisotopic (exact) mass is 267 g/mol. The Balaban J connectivity index is 1.94. The first-order valence-corrected chi connectivity index (χ1v) is 6.56. The van der Waals surface area contributed by atoms with Gasteiger partial charge in [0.25, 0.3) is 5.88 Å². The van der Waals surface area contributed by atoms with Crippen LogP contribution in [0.5, 0.6) is 11.6 Å². The second kappa shape index (κ2) is 6.97. The Bertz CT molecular complexity index is 512. The first-order valence-electron chi connectivity index (χ1n) is 6.56. The number of aromatic nitrogens is 1. The quantitative estimate of drug-likeness (QED) is 0.683. The van der Waals surface area contributed by atoms with Gasteiger partial charge in [-0.05, 0) is 43.5 Å². The van der Waals surface area contributed by atoms with Gasteiger partial charge in [0.05, 0.1) is 25.3 Å². The van der Waals surface area contributed by atoms with Gasteiger partial charge in [0.15, 0.2) is 5.58 Å². The molecule has 104 valence electrons. The molecule has 0 fully saturated rings. The maximum Gasteiger partial charge on any atom is 0.262 e. The number of ether oxygens (including phenoxy) is 2. The molecule has 0 radical (unpaired) electrons. The molecule has 0 saturated heterocycles. The van der Waals surface area contributed by atoms with Crippen LogP contribution < -0.4 is 9.47 Å². The van der Waals surface area contributed by atoms with E-state index >= 15 is 0 Å². The molecule has 1 aromatic carbocycles. The molecule has 0 atom stereocenters. The predicted molar refractivity (Wildman–Crippen MR) is 70.5 cm³/mol. The number of fused-ring (bicyclic) bond motifs is 1. The van der Waals surface area contributed by atoms with Crippen molar-refractivity contribution in [1.29, 1.82) is 0 Å². The number of hydrogen-bond donors (Lipinski definition) is 0. The van der Waals surface area contributed by atoms with Crippen LogP contribution in [0.25, 0.3) is 11.0 Å². The molecule has 1 heterocycles. The van der Waals surface area contributed by atoms with Crippen LogP contribution in [0.1, 0.15) is 26.2 Å². The summed E-state index contributed by atoms with van der Waals surface area (Å²) in [5, 5.41) is 4.69. The zero-order valence-electron chi connectivity index (χ0n) is 11.0. The molecule has 0 spiro atoms. The fourth-order valence-corrected chi connectivity index (χ4v) is 1.79. The summed E-state index contributed by atoms with van der Waals surface area (Å²) in [5.41, 5.74) is 0.643. The summed E-state index contributed by atoms with van der Waals surface area (Å²) in [7, 11) is 0. The van der Waals surface area contributed by atoms with Crippen LogP contribution >= 0.6 is 0 Å². The van der Waals surface area contributed by atoms with Crippen molar-refractivity contribution in [2.75, 3.05) is 19.9 Å². The lowest BCUT2D eigenvalue weighted by molar-refractivity contribution is 0.298. The van der Waals surface area contributed by atoms with Crippen molar-refractivity contribution in [3.63, 3.8) is 0 Å². The topological polar surface area (TPSA) is 44.5 Å². The highest BCUT2D eigenvalue weighted by Crippen LogP contribution is 2.28. The fourth-order valence-electron chi connectivity index (χ4n) is 1.79. The molecule has 0 bridgehead atoms. The average molecular weight is 267 g/mol. The third kappa shape index (κ3) is 3.59. The third-order valence-electron chi connectivity index (χ3n) is 2.74. The molecule has 0 N–H and O–H groups in total. The SMILES string of the molecule is CCOc1noc2cc(OCCCCCF)ccc12. The van der Waals surface area contributed by atoms with E-state index in [-0.39, 0.29) is 6.67 Å². The standard InChI is InChI=1S/C14H18FNO3/c1-2-17-14-12-7-6-11(10-13(12)19-16-14)18-9-5-3-4-8-15/h6-7,10H,2-5,8-9H2,1H3. The van der Waals surface area contributed by atoms with Gasteiger partial charge in [0, 0.05) is 6.07 Å². The van der Waals surface area contributed by atoms with Gasteiger partial charge in [-0.25, -0.2) is 0 Å². The van der Waals surface area contributed by atoms with Gasteiger partial charge in [-0.3, -0.25) is 4.39 Å². The number of alkyl halides is 1. The second-order valence-corrected chi connectivity index (χ2v) is 4.18. The number of unbranched alkanes of at least 4 members (excludes halogenated alkanes) is 2. The summed E-state index contributed by atoms with van der Waals surface area (Å²) >= 11 is 0. The molecule has 2 aromatic rings. The predicted octanol–water partition coefficient (Wildman–Crippen LogP) is 3.75. The number of hydrogen-bond acceptors (Lipinski definition) is 4. The van der Waals surface area contributed by atoms with Crippen molar-refractivity contribution in [1.82, 2.24) is 5.16 Å². The third-order valence-corrected chi connectivity index (χ3v) is 2.74. The van der Waals surface area contributed by atoms with Gasteiger partial charge >= 0.3 is 0 Å². The Hall–Kier alpha value is -1.78. The fraction of sp³-hybridized carbons (Fsp3) is 0.500. The normalized spacial score (nSPS) is 10.8. The highest BCUT2D eigenvalue weighted by Gasteiger charge is 2.09. The van der Waals surface area contributed by atoms with Crippen LogP contribution in [0.2, 0.25) is 0 Å². The Morgan fingerprint density at radius 3 is 2.89 bits per heavy atom. The molecule has 0 aliphatic heterocycles. The molecule has 0 amide bonds. The first-order chi connectivity index (χ1) is 9.35. The summed E-state index contributed by atoms with van der Waals surface area (Å²) < 4.78 is 28.0. The molecule has 0 aliphatic carbocycles. The van der Waals surface area contributed by atoms with Gasteiger partial charge < -0.3 is 14.0 Å². The van der Waals surface area contributed by atoms with Crippen LogP contribution in [0, 0.1) is 0 Å². The summed E-state index contributed by atoms with van der Waals surface area (Å²) in [4.78, 5) is 0. The van der Waals surface area contributed by atoms with Gasteiger partial charge in [0.2, 0.25) is 0 Å². The molecule has 0 unspecified atom stereocenters. The molecule has 1 aromatic heterocycles. The number of nitrogens with zero attached hydrogens (tertiary/aromatic N) is 1. The smallest absolute Gasteiger partial charge is 0.262 e. The molecular weight excluding hydrogens is 249 g/mol. The van der Waals surface area contributed by atoms with E-state index in [1.165, 1.54) is 0 Å². The van der Waals surface area contributed by atoms with E-state index in [2.05, 4.69) is 5.16 Å². The van der Waals surface area contributed by atoms with Gasteiger partial charge in [-0.2, -0.15) is 0 Å². The van der Waals surface area contributed by atoms with Crippen molar-refractivity contribution in [2.24, 2.45) is 0 Å². The minimum Gasteiger partial charge on any atom is -0.493 e.